The van der Waals surface area contributed by atoms with Gasteiger partial charge in [0.1, 0.15) is 5.82 Å². The lowest BCUT2D eigenvalue weighted by Gasteiger charge is -2.23. The first-order chi connectivity index (χ1) is 9.98. The summed E-state index contributed by atoms with van der Waals surface area (Å²) >= 11 is 4.21. The van der Waals surface area contributed by atoms with E-state index in [0.717, 1.165) is 15.6 Å². The van der Waals surface area contributed by atoms with Gasteiger partial charge in [-0.25, -0.2) is 12.8 Å². The zero-order valence-electron chi connectivity index (χ0n) is 10.7. The van der Waals surface area contributed by atoms with Gasteiger partial charge in [-0.05, 0) is 39.5 Å². The highest BCUT2D eigenvalue weighted by Gasteiger charge is 2.29. The lowest BCUT2D eigenvalue weighted by molar-refractivity contribution is 0.587. The number of nitrogens with zero attached hydrogens (tertiary/aromatic N) is 2. The maximum absolute atomic E-state index is 13.9. The molecule has 0 radical (unpaired) electrons. The van der Waals surface area contributed by atoms with Gasteiger partial charge in [-0.1, -0.05) is 12.1 Å². The topological polar surface area (TPSA) is 61.2 Å². The van der Waals surface area contributed by atoms with E-state index in [9.17, 15) is 12.8 Å². The average Bonchev–Trinajstić information content (AvgIpc) is 2.88. The third-order valence-corrected chi connectivity index (χ3v) is 7.12. The minimum Gasteiger partial charge on any atom is -0.262 e. The monoisotopic (exact) mass is 388 g/mol. The second-order valence-electron chi connectivity index (χ2n) is 3.99. The predicted octanol–water partition coefficient (Wildman–Crippen LogP) is 3.76. The van der Waals surface area contributed by atoms with Gasteiger partial charge in [-0.15, -0.1) is 11.3 Å². The third kappa shape index (κ3) is 3.26. The number of rotatable bonds is 5. The van der Waals surface area contributed by atoms with Crippen molar-refractivity contribution in [3.63, 3.8) is 0 Å². The van der Waals surface area contributed by atoms with Crippen LogP contribution in [-0.4, -0.2) is 15.0 Å². The number of thiophene rings is 1. The van der Waals surface area contributed by atoms with Gasteiger partial charge in [-0.2, -0.15) is 5.26 Å². The van der Waals surface area contributed by atoms with Crippen molar-refractivity contribution in [1.82, 2.24) is 0 Å². The van der Waals surface area contributed by atoms with Crippen LogP contribution in [0.25, 0.3) is 0 Å². The van der Waals surface area contributed by atoms with E-state index in [4.69, 9.17) is 5.26 Å². The zero-order valence-corrected chi connectivity index (χ0v) is 13.9. The maximum Gasteiger partial charge on any atom is 0.275 e. The summed E-state index contributed by atoms with van der Waals surface area (Å²) in [6, 6.07) is 9.10. The first kappa shape index (κ1) is 15.9. The summed E-state index contributed by atoms with van der Waals surface area (Å²) < 4.78 is 40.8. The highest BCUT2D eigenvalue weighted by molar-refractivity contribution is 9.10. The Morgan fingerprint density at radius 1 is 1.33 bits per heavy atom. The second kappa shape index (κ2) is 6.56. The molecule has 110 valence electrons. The molecule has 1 heterocycles. The lowest BCUT2D eigenvalue weighted by atomic mass is 10.3. The van der Waals surface area contributed by atoms with Gasteiger partial charge >= 0.3 is 0 Å². The molecule has 2 rings (SSSR count). The van der Waals surface area contributed by atoms with Gasteiger partial charge in [0.15, 0.2) is 4.21 Å². The van der Waals surface area contributed by atoms with Gasteiger partial charge < -0.3 is 0 Å². The number of hydrogen-bond acceptors (Lipinski definition) is 4. The van der Waals surface area contributed by atoms with Crippen molar-refractivity contribution in [1.29, 1.82) is 5.26 Å². The van der Waals surface area contributed by atoms with Crippen LogP contribution in [0.15, 0.2) is 44.4 Å². The highest BCUT2D eigenvalue weighted by Crippen LogP contribution is 2.33. The van der Waals surface area contributed by atoms with Crippen LogP contribution < -0.4 is 4.31 Å². The van der Waals surface area contributed by atoms with Crippen LogP contribution in [0.3, 0.4) is 0 Å². The summed E-state index contributed by atoms with van der Waals surface area (Å²) in [6.45, 7) is -0.107. The molecule has 0 fully saturated rings. The van der Waals surface area contributed by atoms with Gasteiger partial charge in [0, 0.05) is 11.0 Å². The number of halogens is 2. The summed E-state index contributed by atoms with van der Waals surface area (Å²) in [4.78, 5) is 0. The molecule has 0 unspecified atom stereocenters. The highest BCUT2D eigenvalue weighted by atomic mass is 79.9. The molecule has 0 aliphatic carbocycles. The van der Waals surface area contributed by atoms with Gasteiger partial charge in [0.25, 0.3) is 10.0 Å². The summed E-state index contributed by atoms with van der Waals surface area (Å²) in [5, 5.41) is 10.3. The second-order valence-corrected chi connectivity index (χ2v) is 7.82. The molecule has 0 spiro atoms. The fraction of sp³-hybridized carbons (Fsp3) is 0.154. The molecule has 0 saturated carbocycles. The Kier molecular flexibility index (Phi) is 4.98. The van der Waals surface area contributed by atoms with Crippen LogP contribution in [0.4, 0.5) is 10.1 Å². The number of para-hydroxylation sites is 1. The van der Waals surface area contributed by atoms with E-state index in [2.05, 4.69) is 15.9 Å². The SMILES string of the molecule is N#CCCN(c1ccccc1F)S(=O)(=O)c1sccc1Br. The van der Waals surface area contributed by atoms with Crippen molar-refractivity contribution in [3.05, 3.63) is 46.0 Å². The van der Waals surface area contributed by atoms with E-state index < -0.39 is 15.8 Å². The number of hydrogen-bond donors (Lipinski definition) is 0. The Hall–Kier alpha value is -1.43. The van der Waals surface area contributed by atoms with Crippen molar-refractivity contribution in [2.24, 2.45) is 0 Å². The fourth-order valence-electron chi connectivity index (χ4n) is 1.74. The summed E-state index contributed by atoms with van der Waals surface area (Å²) in [6.07, 6.45) is -0.0312. The van der Waals surface area contributed by atoms with E-state index in [1.54, 1.807) is 17.5 Å². The Labute approximate surface area is 134 Å². The van der Waals surface area contributed by atoms with Crippen molar-refractivity contribution in [3.8, 4) is 6.07 Å². The largest absolute Gasteiger partial charge is 0.275 e. The summed E-state index contributed by atoms with van der Waals surface area (Å²) in [7, 11) is -3.92. The van der Waals surface area contributed by atoms with E-state index in [0.29, 0.717) is 4.47 Å². The zero-order chi connectivity index (χ0) is 15.5. The van der Waals surface area contributed by atoms with Crippen LogP contribution in [-0.2, 0) is 10.0 Å². The lowest BCUT2D eigenvalue weighted by Crippen LogP contribution is -2.32. The predicted molar refractivity (Wildman–Crippen MR) is 83.2 cm³/mol. The van der Waals surface area contributed by atoms with Gasteiger partial charge in [-0.3, -0.25) is 4.31 Å². The van der Waals surface area contributed by atoms with Crippen molar-refractivity contribution in [2.75, 3.05) is 10.8 Å². The standard InChI is InChI=1S/C13H10BrFN2O2S2/c14-10-6-9-20-13(10)21(18,19)17(8-3-7-16)12-5-2-1-4-11(12)15/h1-2,4-6,9H,3,8H2. The fourth-order valence-corrected chi connectivity index (χ4v) is 5.63. The Balaban J connectivity index is 2.54. The first-order valence-corrected chi connectivity index (χ1v) is 8.97. The molecule has 4 nitrogen and oxygen atoms in total. The smallest absolute Gasteiger partial charge is 0.262 e. The Bertz CT molecular complexity index is 783. The number of nitriles is 1. The van der Waals surface area contributed by atoms with E-state index in [1.165, 1.54) is 18.2 Å². The van der Waals surface area contributed by atoms with Crippen LogP contribution in [0, 0.1) is 17.1 Å². The minimum absolute atomic E-state index is 0.0312. The Morgan fingerprint density at radius 3 is 2.62 bits per heavy atom. The molecule has 8 heteroatoms. The molecule has 1 aromatic heterocycles. The normalized spacial score (nSPS) is 11.1. The molecular weight excluding hydrogens is 379 g/mol. The first-order valence-electron chi connectivity index (χ1n) is 5.85. The quantitative estimate of drug-likeness (QED) is 0.783. The van der Waals surface area contributed by atoms with Crippen LogP contribution >= 0.6 is 27.3 Å². The van der Waals surface area contributed by atoms with Gasteiger partial charge in [0.05, 0.1) is 18.2 Å². The molecule has 0 bridgehead atoms. The molecule has 1 aromatic carbocycles. The van der Waals surface area contributed by atoms with E-state index in [-0.39, 0.29) is 22.9 Å². The summed E-state index contributed by atoms with van der Waals surface area (Å²) in [5.41, 5.74) is -0.0620. The number of anilines is 1. The number of benzene rings is 1. The summed E-state index contributed by atoms with van der Waals surface area (Å²) in [5.74, 6) is -0.647. The average molecular weight is 389 g/mol. The molecule has 2 aromatic rings. The van der Waals surface area contributed by atoms with Crippen molar-refractivity contribution >= 4 is 43.0 Å². The molecule has 0 N–H and O–H groups in total. The van der Waals surface area contributed by atoms with Gasteiger partial charge in [0.2, 0.25) is 0 Å². The molecule has 21 heavy (non-hydrogen) atoms. The minimum atomic E-state index is -3.92. The van der Waals surface area contributed by atoms with E-state index >= 15 is 0 Å². The van der Waals surface area contributed by atoms with Crippen molar-refractivity contribution in [2.45, 2.75) is 10.6 Å². The molecule has 0 amide bonds. The molecule has 0 aliphatic rings. The van der Waals surface area contributed by atoms with E-state index in [1.807, 2.05) is 6.07 Å². The Morgan fingerprint density at radius 2 is 2.05 bits per heavy atom. The molecule has 0 aliphatic heterocycles. The van der Waals surface area contributed by atoms with Crippen molar-refractivity contribution < 1.29 is 12.8 Å². The maximum atomic E-state index is 13.9. The number of sulfonamides is 1. The molecular formula is C13H10BrFN2O2S2. The van der Waals surface area contributed by atoms with Crippen LogP contribution in [0.1, 0.15) is 6.42 Å². The third-order valence-electron chi connectivity index (χ3n) is 2.66. The molecule has 0 atom stereocenters. The van der Waals surface area contributed by atoms with Crippen LogP contribution in [0.2, 0.25) is 0 Å². The van der Waals surface area contributed by atoms with Crippen LogP contribution in [0.5, 0.6) is 0 Å². The molecule has 0 saturated heterocycles.